The van der Waals surface area contributed by atoms with E-state index in [0.717, 1.165) is 24.2 Å². The van der Waals surface area contributed by atoms with Gasteiger partial charge in [-0.2, -0.15) is 0 Å². The molecule has 1 saturated carbocycles. The Kier molecular flexibility index (Phi) is 4.94. The van der Waals surface area contributed by atoms with E-state index in [1.807, 2.05) is 35.0 Å². The molecule has 4 rings (SSSR count). The Morgan fingerprint density at radius 3 is 2.78 bits per heavy atom. The minimum atomic E-state index is -0.404. The molecular weight excluding hydrogens is 365 g/mol. The number of rotatable bonds is 6. The van der Waals surface area contributed by atoms with Gasteiger partial charge in [-0.25, -0.2) is 9.37 Å². The van der Waals surface area contributed by atoms with Crippen LogP contribution in [0.5, 0.6) is 0 Å². The molecule has 0 spiro atoms. The van der Waals surface area contributed by atoms with Crippen molar-refractivity contribution >= 4 is 17.5 Å². The number of nitrogens with zero attached hydrogens (tertiary/aromatic N) is 3. The summed E-state index contributed by atoms with van der Waals surface area (Å²) in [6, 6.07) is 13.7. The van der Waals surface area contributed by atoms with Crippen LogP contribution in [-0.2, 0) is 13.1 Å². The number of aromatic nitrogens is 2. The molecule has 1 aromatic heterocycles. The molecule has 0 aliphatic heterocycles. The molecule has 1 fully saturated rings. The standard InChI is InChI=1S/C21H19ClFN3O/c22-17-5-1-3-15(11-17)13-25-10-9-24-20(25)14-26(19-7-8-19)21(27)16-4-2-6-18(23)12-16/h1-6,9-12,19H,7-8,13-14H2. The third-order valence-corrected chi connectivity index (χ3v) is 4.91. The molecule has 1 aliphatic rings. The molecule has 4 nitrogen and oxygen atoms in total. The monoisotopic (exact) mass is 383 g/mol. The SMILES string of the molecule is O=C(c1cccc(F)c1)N(Cc1nccn1Cc1cccc(Cl)c1)C1CC1. The van der Waals surface area contributed by atoms with Crippen molar-refractivity contribution in [1.29, 1.82) is 0 Å². The van der Waals surface area contributed by atoms with Gasteiger partial charge in [-0.15, -0.1) is 0 Å². The Bertz CT molecular complexity index is 967. The first-order valence-electron chi connectivity index (χ1n) is 8.91. The lowest BCUT2D eigenvalue weighted by Crippen LogP contribution is -2.33. The summed E-state index contributed by atoms with van der Waals surface area (Å²) in [6.45, 7) is 1.02. The zero-order valence-electron chi connectivity index (χ0n) is 14.7. The molecule has 0 saturated heterocycles. The number of imidazole rings is 1. The molecule has 138 valence electrons. The van der Waals surface area contributed by atoms with E-state index in [1.54, 1.807) is 23.2 Å². The first-order valence-corrected chi connectivity index (χ1v) is 9.29. The first-order chi connectivity index (χ1) is 13.1. The van der Waals surface area contributed by atoms with E-state index in [2.05, 4.69) is 4.98 Å². The number of hydrogen-bond donors (Lipinski definition) is 0. The van der Waals surface area contributed by atoms with Crippen LogP contribution < -0.4 is 0 Å². The third kappa shape index (κ3) is 4.19. The average Bonchev–Trinajstić information content (AvgIpc) is 3.40. The van der Waals surface area contributed by atoms with Gasteiger partial charge in [0.05, 0.1) is 6.54 Å². The zero-order valence-corrected chi connectivity index (χ0v) is 15.4. The minimum Gasteiger partial charge on any atom is -0.329 e. The molecule has 0 radical (unpaired) electrons. The smallest absolute Gasteiger partial charge is 0.254 e. The lowest BCUT2D eigenvalue weighted by atomic mass is 10.2. The molecule has 0 N–H and O–H groups in total. The van der Waals surface area contributed by atoms with Crippen LogP contribution in [0.3, 0.4) is 0 Å². The lowest BCUT2D eigenvalue weighted by Gasteiger charge is -2.23. The summed E-state index contributed by atoms with van der Waals surface area (Å²) in [7, 11) is 0. The summed E-state index contributed by atoms with van der Waals surface area (Å²) in [5.41, 5.74) is 1.44. The first kappa shape index (κ1) is 17.7. The van der Waals surface area contributed by atoms with Gasteiger partial charge in [-0.1, -0.05) is 29.8 Å². The number of hydrogen-bond acceptors (Lipinski definition) is 2. The topological polar surface area (TPSA) is 38.1 Å². The second-order valence-electron chi connectivity index (χ2n) is 6.78. The van der Waals surface area contributed by atoms with Crippen molar-refractivity contribution in [2.24, 2.45) is 0 Å². The molecule has 6 heteroatoms. The van der Waals surface area contributed by atoms with Crippen LogP contribution in [0.1, 0.15) is 34.6 Å². The molecule has 1 amide bonds. The summed E-state index contributed by atoms with van der Waals surface area (Å²) in [5, 5.41) is 0.690. The average molecular weight is 384 g/mol. The summed E-state index contributed by atoms with van der Waals surface area (Å²) in [4.78, 5) is 19.2. The molecule has 3 aromatic rings. The van der Waals surface area contributed by atoms with Gasteiger partial charge in [0.15, 0.2) is 0 Å². The maximum absolute atomic E-state index is 13.5. The third-order valence-electron chi connectivity index (χ3n) is 4.68. The summed E-state index contributed by atoms with van der Waals surface area (Å²) in [5.74, 6) is 0.236. The molecule has 2 aromatic carbocycles. The van der Waals surface area contributed by atoms with Gasteiger partial charge in [0, 0.05) is 35.6 Å². The number of amides is 1. The van der Waals surface area contributed by atoms with E-state index in [-0.39, 0.29) is 11.9 Å². The van der Waals surface area contributed by atoms with Gasteiger partial charge in [-0.3, -0.25) is 4.79 Å². The molecular formula is C21H19ClFN3O. The summed E-state index contributed by atoms with van der Waals surface area (Å²) >= 11 is 6.07. The van der Waals surface area contributed by atoms with Crippen LogP contribution in [0.4, 0.5) is 4.39 Å². The van der Waals surface area contributed by atoms with Crippen molar-refractivity contribution in [3.05, 3.63) is 88.7 Å². The fraction of sp³-hybridized carbons (Fsp3) is 0.238. The fourth-order valence-corrected chi connectivity index (χ4v) is 3.37. The normalized spacial score (nSPS) is 13.6. The van der Waals surface area contributed by atoms with Gasteiger partial charge < -0.3 is 9.47 Å². The Labute approximate surface area is 162 Å². The van der Waals surface area contributed by atoms with Crippen LogP contribution >= 0.6 is 11.6 Å². The summed E-state index contributed by atoms with van der Waals surface area (Å²) in [6.07, 6.45) is 5.57. The zero-order chi connectivity index (χ0) is 18.8. The number of benzene rings is 2. The second-order valence-corrected chi connectivity index (χ2v) is 7.21. The Hall–Kier alpha value is -2.66. The fourth-order valence-electron chi connectivity index (χ4n) is 3.16. The van der Waals surface area contributed by atoms with Crippen molar-refractivity contribution in [3.8, 4) is 0 Å². The predicted molar refractivity (Wildman–Crippen MR) is 102 cm³/mol. The van der Waals surface area contributed by atoms with Gasteiger partial charge in [0.1, 0.15) is 11.6 Å². The van der Waals surface area contributed by atoms with Crippen LogP contribution in [-0.4, -0.2) is 26.4 Å². The maximum Gasteiger partial charge on any atom is 0.254 e. The Balaban J connectivity index is 1.55. The Morgan fingerprint density at radius 2 is 2.04 bits per heavy atom. The largest absolute Gasteiger partial charge is 0.329 e. The van der Waals surface area contributed by atoms with Gasteiger partial charge in [0.2, 0.25) is 0 Å². The van der Waals surface area contributed by atoms with Crippen molar-refractivity contribution in [3.63, 3.8) is 0 Å². The number of carbonyl (C=O) groups excluding carboxylic acids is 1. The van der Waals surface area contributed by atoms with Crippen molar-refractivity contribution in [2.75, 3.05) is 0 Å². The maximum atomic E-state index is 13.5. The van der Waals surface area contributed by atoms with E-state index >= 15 is 0 Å². The minimum absolute atomic E-state index is 0.158. The van der Waals surface area contributed by atoms with E-state index < -0.39 is 5.82 Å². The van der Waals surface area contributed by atoms with Gasteiger partial charge in [-0.05, 0) is 48.7 Å². The highest BCUT2D eigenvalue weighted by molar-refractivity contribution is 6.30. The number of carbonyl (C=O) groups is 1. The van der Waals surface area contributed by atoms with Gasteiger partial charge >= 0.3 is 0 Å². The van der Waals surface area contributed by atoms with E-state index in [1.165, 1.54) is 12.1 Å². The predicted octanol–water partition coefficient (Wildman–Crippen LogP) is 4.53. The molecule has 0 unspecified atom stereocenters. The molecule has 27 heavy (non-hydrogen) atoms. The summed E-state index contributed by atoms with van der Waals surface area (Å²) < 4.78 is 15.5. The van der Waals surface area contributed by atoms with E-state index in [4.69, 9.17) is 11.6 Å². The highest BCUT2D eigenvalue weighted by atomic mass is 35.5. The van der Waals surface area contributed by atoms with E-state index in [0.29, 0.717) is 23.7 Å². The van der Waals surface area contributed by atoms with E-state index in [9.17, 15) is 9.18 Å². The molecule has 0 atom stereocenters. The van der Waals surface area contributed by atoms with Crippen LogP contribution in [0.25, 0.3) is 0 Å². The van der Waals surface area contributed by atoms with Crippen LogP contribution in [0, 0.1) is 5.82 Å². The lowest BCUT2D eigenvalue weighted by molar-refractivity contribution is 0.0723. The quantitative estimate of drug-likeness (QED) is 0.627. The highest BCUT2D eigenvalue weighted by Gasteiger charge is 2.34. The van der Waals surface area contributed by atoms with Crippen molar-refractivity contribution in [1.82, 2.24) is 14.5 Å². The molecule has 0 bridgehead atoms. The molecule has 1 heterocycles. The van der Waals surface area contributed by atoms with Crippen LogP contribution in [0.15, 0.2) is 60.9 Å². The number of halogens is 2. The van der Waals surface area contributed by atoms with Gasteiger partial charge in [0.25, 0.3) is 5.91 Å². The van der Waals surface area contributed by atoms with Crippen molar-refractivity contribution < 1.29 is 9.18 Å². The highest BCUT2D eigenvalue weighted by Crippen LogP contribution is 2.30. The van der Waals surface area contributed by atoms with Crippen molar-refractivity contribution in [2.45, 2.75) is 32.0 Å². The second kappa shape index (κ2) is 7.53. The molecule has 1 aliphatic carbocycles. The van der Waals surface area contributed by atoms with Crippen LogP contribution in [0.2, 0.25) is 5.02 Å². The Morgan fingerprint density at radius 1 is 1.22 bits per heavy atom.